The molecule has 0 saturated carbocycles. The highest BCUT2D eigenvalue weighted by Gasteiger charge is 2.11. The topological polar surface area (TPSA) is 80.4 Å². The Morgan fingerprint density at radius 3 is 2.50 bits per heavy atom. The summed E-state index contributed by atoms with van der Waals surface area (Å²) in [5, 5.41) is 8.13. The van der Waals surface area contributed by atoms with Crippen LogP contribution in [-0.2, 0) is 9.59 Å². The summed E-state index contributed by atoms with van der Waals surface area (Å²) in [4.78, 5) is 20.3. The Morgan fingerprint density at radius 1 is 1.70 bits per heavy atom. The molecular formula is C5H9NO3S. The molecule has 0 amide bonds. The predicted octanol–water partition coefficient (Wildman–Crippen LogP) is -0.322. The molecule has 0 unspecified atom stereocenters. The van der Waals surface area contributed by atoms with Crippen molar-refractivity contribution in [2.75, 3.05) is 5.75 Å². The number of thioether (sulfide) groups is 1. The van der Waals surface area contributed by atoms with Gasteiger partial charge < -0.3 is 10.8 Å². The lowest BCUT2D eigenvalue weighted by Crippen LogP contribution is -2.32. The van der Waals surface area contributed by atoms with Crippen LogP contribution in [0, 0.1) is 0 Å². The van der Waals surface area contributed by atoms with Gasteiger partial charge in [-0.25, -0.2) is 0 Å². The lowest BCUT2D eigenvalue weighted by molar-refractivity contribution is -0.137. The van der Waals surface area contributed by atoms with E-state index >= 15 is 0 Å². The first kappa shape index (κ1) is 9.45. The monoisotopic (exact) mass is 163 g/mol. The molecule has 0 aliphatic carbocycles. The fourth-order valence-electron chi connectivity index (χ4n) is 0.278. The zero-order valence-corrected chi connectivity index (χ0v) is 6.35. The Balaban J connectivity index is 3.49. The third-order valence-electron chi connectivity index (χ3n) is 0.783. The molecule has 0 aliphatic heterocycles. The standard InChI is InChI=1S/C5H9NO3S/c1-3(7)10-2-4(6)5(8)9/h4H,2,6H2,1H3,(H,8,9)/t4-/m0/s1. The maximum atomic E-state index is 10.3. The second-order valence-electron chi connectivity index (χ2n) is 1.75. The Kier molecular flexibility index (Phi) is 4.06. The van der Waals surface area contributed by atoms with Crippen LogP contribution in [-0.4, -0.2) is 28.0 Å². The van der Waals surface area contributed by atoms with Crippen molar-refractivity contribution in [1.29, 1.82) is 0 Å². The molecule has 0 aromatic rings. The van der Waals surface area contributed by atoms with Crippen LogP contribution in [0.5, 0.6) is 0 Å². The lowest BCUT2D eigenvalue weighted by Gasteiger charge is -2.01. The minimum absolute atomic E-state index is 0.114. The van der Waals surface area contributed by atoms with Crippen molar-refractivity contribution < 1.29 is 14.7 Å². The minimum Gasteiger partial charge on any atom is -0.480 e. The molecule has 0 fully saturated rings. The van der Waals surface area contributed by atoms with Crippen LogP contribution >= 0.6 is 11.8 Å². The van der Waals surface area contributed by atoms with Crippen molar-refractivity contribution in [3.63, 3.8) is 0 Å². The van der Waals surface area contributed by atoms with Gasteiger partial charge in [0.25, 0.3) is 0 Å². The summed E-state index contributed by atoms with van der Waals surface area (Å²) in [5.41, 5.74) is 5.09. The number of carboxylic acids is 1. The Morgan fingerprint density at radius 2 is 2.20 bits per heavy atom. The largest absolute Gasteiger partial charge is 0.480 e. The van der Waals surface area contributed by atoms with Crippen molar-refractivity contribution in [2.45, 2.75) is 13.0 Å². The Hall–Kier alpha value is -0.550. The van der Waals surface area contributed by atoms with E-state index in [0.717, 1.165) is 11.8 Å². The number of carbonyl (C=O) groups is 2. The summed E-state index contributed by atoms with van der Waals surface area (Å²) in [6, 6.07) is -0.936. The third-order valence-corrected chi connectivity index (χ3v) is 1.72. The minimum atomic E-state index is -1.08. The molecule has 58 valence electrons. The predicted molar refractivity (Wildman–Crippen MR) is 38.8 cm³/mol. The van der Waals surface area contributed by atoms with Crippen LogP contribution in [0.15, 0.2) is 0 Å². The number of aliphatic carboxylic acids is 1. The van der Waals surface area contributed by atoms with E-state index in [2.05, 4.69) is 0 Å². The molecule has 1 atom stereocenters. The fraction of sp³-hybridized carbons (Fsp3) is 0.600. The summed E-state index contributed by atoms with van der Waals surface area (Å²) < 4.78 is 0. The van der Waals surface area contributed by atoms with Gasteiger partial charge in [-0.05, 0) is 0 Å². The van der Waals surface area contributed by atoms with E-state index in [1.165, 1.54) is 6.92 Å². The van der Waals surface area contributed by atoms with Gasteiger partial charge in [-0.1, -0.05) is 11.8 Å². The van der Waals surface area contributed by atoms with Crippen LogP contribution in [0.3, 0.4) is 0 Å². The molecule has 0 spiro atoms. The second kappa shape index (κ2) is 4.29. The molecule has 0 radical (unpaired) electrons. The number of nitrogens with two attached hydrogens (primary N) is 1. The molecule has 0 saturated heterocycles. The van der Waals surface area contributed by atoms with Gasteiger partial charge in [0.05, 0.1) is 0 Å². The highest BCUT2D eigenvalue weighted by molar-refractivity contribution is 8.13. The van der Waals surface area contributed by atoms with Crippen molar-refractivity contribution in [3.8, 4) is 0 Å². The summed E-state index contributed by atoms with van der Waals surface area (Å²) in [5.74, 6) is -0.932. The number of carboxylic acid groups (broad SMARTS) is 1. The maximum Gasteiger partial charge on any atom is 0.321 e. The van der Waals surface area contributed by atoms with E-state index in [1.54, 1.807) is 0 Å². The molecule has 0 bridgehead atoms. The molecule has 0 heterocycles. The van der Waals surface area contributed by atoms with Crippen LogP contribution in [0.25, 0.3) is 0 Å². The highest BCUT2D eigenvalue weighted by atomic mass is 32.2. The van der Waals surface area contributed by atoms with Crippen molar-refractivity contribution in [1.82, 2.24) is 0 Å². The zero-order valence-electron chi connectivity index (χ0n) is 5.53. The molecule has 10 heavy (non-hydrogen) atoms. The first-order valence-electron chi connectivity index (χ1n) is 2.65. The maximum absolute atomic E-state index is 10.3. The summed E-state index contributed by atoms with van der Waals surface area (Å²) in [6.07, 6.45) is 0. The van der Waals surface area contributed by atoms with Crippen molar-refractivity contribution in [2.24, 2.45) is 5.73 Å². The number of hydrogen-bond acceptors (Lipinski definition) is 4. The quantitative estimate of drug-likeness (QED) is 0.596. The summed E-state index contributed by atoms with van der Waals surface area (Å²) in [6.45, 7) is 1.37. The van der Waals surface area contributed by atoms with E-state index in [-0.39, 0.29) is 10.9 Å². The molecule has 0 aliphatic rings. The first-order valence-corrected chi connectivity index (χ1v) is 3.64. The van der Waals surface area contributed by atoms with Crippen LogP contribution in [0.4, 0.5) is 0 Å². The summed E-state index contributed by atoms with van der Waals surface area (Å²) in [7, 11) is 0. The molecule has 0 aromatic heterocycles. The normalized spacial score (nSPS) is 12.6. The van der Waals surface area contributed by atoms with E-state index in [9.17, 15) is 9.59 Å². The fourth-order valence-corrected chi connectivity index (χ4v) is 0.835. The van der Waals surface area contributed by atoms with Gasteiger partial charge in [-0.3, -0.25) is 9.59 Å². The van der Waals surface area contributed by atoms with Gasteiger partial charge in [0.1, 0.15) is 6.04 Å². The van der Waals surface area contributed by atoms with Gasteiger partial charge >= 0.3 is 5.97 Å². The van der Waals surface area contributed by atoms with Gasteiger partial charge in [-0.15, -0.1) is 0 Å². The van der Waals surface area contributed by atoms with Crippen molar-refractivity contribution in [3.05, 3.63) is 0 Å². The van der Waals surface area contributed by atoms with Crippen LogP contribution < -0.4 is 5.73 Å². The van der Waals surface area contributed by atoms with E-state index in [0.29, 0.717) is 0 Å². The Bertz CT molecular complexity index is 148. The molecule has 5 heteroatoms. The number of carbonyl (C=O) groups excluding carboxylic acids is 1. The molecular weight excluding hydrogens is 154 g/mol. The number of hydrogen-bond donors (Lipinski definition) is 2. The Labute approximate surface area is 62.8 Å². The average molecular weight is 163 g/mol. The van der Waals surface area contributed by atoms with Crippen LogP contribution in [0.2, 0.25) is 0 Å². The highest BCUT2D eigenvalue weighted by Crippen LogP contribution is 2.01. The van der Waals surface area contributed by atoms with Gasteiger partial charge in [0.15, 0.2) is 5.12 Å². The average Bonchev–Trinajstić information content (AvgIpc) is 1.82. The lowest BCUT2D eigenvalue weighted by atomic mass is 10.4. The van der Waals surface area contributed by atoms with Crippen molar-refractivity contribution >= 4 is 22.8 Å². The van der Waals surface area contributed by atoms with E-state index in [4.69, 9.17) is 10.8 Å². The van der Waals surface area contributed by atoms with Gasteiger partial charge in [-0.2, -0.15) is 0 Å². The summed E-state index contributed by atoms with van der Waals surface area (Å²) >= 11 is 0.923. The smallest absolute Gasteiger partial charge is 0.321 e. The van der Waals surface area contributed by atoms with Gasteiger partial charge in [0.2, 0.25) is 0 Å². The SMILES string of the molecule is CC(=O)SC[C@H](N)C(=O)O. The molecule has 3 N–H and O–H groups in total. The third kappa shape index (κ3) is 4.34. The van der Waals surface area contributed by atoms with Crippen LogP contribution in [0.1, 0.15) is 6.92 Å². The molecule has 0 rings (SSSR count). The van der Waals surface area contributed by atoms with E-state index < -0.39 is 12.0 Å². The molecule has 4 nitrogen and oxygen atoms in total. The van der Waals surface area contributed by atoms with E-state index in [1.807, 2.05) is 0 Å². The number of rotatable bonds is 3. The van der Waals surface area contributed by atoms with Gasteiger partial charge in [0, 0.05) is 12.7 Å². The zero-order chi connectivity index (χ0) is 8.15. The second-order valence-corrected chi connectivity index (χ2v) is 2.94. The molecule has 0 aromatic carbocycles. The first-order chi connectivity index (χ1) is 4.54.